The van der Waals surface area contributed by atoms with Gasteiger partial charge in [0.1, 0.15) is 17.0 Å². The number of nitrogens with two attached hydrogens (primary N) is 1. The van der Waals surface area contributed by atoms with Crippen LogP contribution in [-0.4, -0.2) is 33.2 Å². The van der Waals surface area contributed by atoms with E-state index < -0.39 is 18.3 Å². The van der Waals surface area contributed by atoms with Gasteiger partial charge in [0.05, 0.1) is 16.9 Å². The Labute approximate surface area is 170 Å². The Morgan fingerprint density at radius 2 is 2.29 bits per heavy atom. The quantitative estimate of drug-likeness (QED) is 0.759. The molecule has 0 fully saturated rings. The van der Waals surface area contributed by atoms with Crippen molar-refractivity contribution in [3.8, 4) is 5.75 Å². The number of halogens is 2. The summed E-state index contributed by atoms with van der Waals surface area (Å²) < 4.78 is 16.9. The lowest BCUT2D eigenvalue weighted by Crippen LogP contribution is -2.33. The summed E-state index contributed by atoms with van der Waals surface area (Å²) in [5.74, 6) is -0.363. The predicted octanol–water partition coefficient (Wildman–Crippen LogP) is 3.74. The lowest BCUT2D eigenvalue weighted by molar-refractivity contribution is 0.102. The number of thioether (sulfide) groups is 1. The highest BCUT2D eigenvalue weighted by Crippen LogP contribution is 2.38. The number of aliphatic imine (C=N–C) groups is 1. The van der Waals surface area contributed by atoms with Gasteiger partial charge in [-0.05, 0) is 25.5 Å². The average molecular weight is 424 g/mol. The van der Waals surface area contributed by atoms with E-state index in [1.807, 2.05) is 6.92 Å². The van der Waals surface area contributed by atoms with E-state index in [4.69, 9.17) is 17.3 Å². The van der Waals surface area contributed by atoms with Gasteiger partial charge in [-0.3, -0.25) is 9.78 Å². The molecule has 0 bridgehead atoms. The molecular formula is C18H19ClFN5O2S. The van der Waals surface area contributed by atoms with Crippen LogP contribution in [0.1, 0.15) is 36.5 Å². The normalized spacial score (nSPS) is 21.7. The maximum atomic E-state index is 12.5. The minimum absolute atomic E-state index is 0.00222. The lowest BCUT2D eigenvalue weighted by atomic mass is 9.91. The number of amides is 1. The molecule has 1 amide bonds. The molecule has 28 heavy (non-hydrogen) atoms. The zero-order chi connectivity index (χ0) is 20.3. The number of alkyl halides is 1. The molecule has 0 spiro atoms. The van der Waals surface area contributed by atoms with Crippen molar-refractivity contribution in [2.75, 3.05) is 12.2 Å². The van der Waals surface area contributed by atoms with Crippen molar-refractivity contribution < 1.29 is 13.9 Å². The molecule has 3 heterocycles. The van der Waals surface area contributed by atoms with Crippen molar-refractivity contribution in [3.63, 3.8) is 0 Å². The van der Waals surface area contributed by atoms with E-state index in [0.29, 0.717) is 21.8 Å². The van der Waals surface area contributed by atoms with Crippen molar-refractivity contribution in [3.05, 3.63) is 47.0 Å². The second kappa shape index (κ2) is 8.32. The van der Waals surface area contributed by atoms with Crippen LogP contribution >= 0.6 is 23.4 Å². The van der Waals surface area contributed by atoms with Gasteiger partial charge >= 0.3 is 0 Å². The Morgan fingerprint density at radius 3 is 2.96 bits per heavy atom. The van der Waals surface area contributed by atoms with Gasteiger partial charge in [-0.25, -0.2) is 14.4 Å². The average Bonchev–Trinajstić information content (AvgIpc) is 2.61. The largest absolute Gasteiger partial charge is 0.461 e. The SMILES string of the molecule is C[C@@H]1C[C@@](C)(c2cc(NC(=O)c3ncc(OCF)cc3Cl)ccn2)N=C(N)S1. The van der Waals surface area contributed by atoms with E-state index in [-0.39, 0.29) is 16.5 Å². The fourth-order valence-electron chi connectivity index (χ4n) is 3.01. The van der Waals surface area contributed by atoms with Gasteiger partial charge < -0.3 is 15.8 Å². The minimum atomic E-state index is -1.01. The Hall–Kier alpha value is -2.39. The molecule has 0 aliphatic carbocycles. The number of aromatic nitrogens is 2. The Balaban J connectivity index is 1.82. The first-order valence-corrected chi connectivity index (χ1v) is 9.70. The van der Waals surface area contributed by atoms with Crippen LogP contribution in [-0.2, 0) is 5.54 Å². The topological polar surface area (TPSA) is 102 Å². The molecule has 0 saturated heterocycles. The van der Waals surface area contributed by atoms with Crippen molar-refractivity contribution in [2.45, 2.75) is 31.1 Å². The summed E-state index contributed by atoms with van der Waals surface area (Å²) >= 11 is 7.59. The van der Waals surface area contributed by atoms with Crippen molar-refractivity contribution in [2.24, 2.45) is 10.7 Å². The summed E-state index contributed by atoms with van der Waals surface area (Å²) in [7, 11) is 0. The van der Waals surface area contributed by atoms with Crippen LogP contribution < -0.4 is 15.8 Å². The highest BCUT2D eigenvalue weighted by Gasteiger charge is 2.34. The smallest absolute Gasteiger partial charge is 0.275 e. The Kier molecular flexibility index (Phi) is 6.04. The second-order valence-electron chi connectivity index (χ2n) is 6.50. The van der Waals surface area contributed by atoms with Crippen LogP contribution in [0.3, 0.4) is 0 Å². The summed E-state index contributed by atoms with van der Waals surface area (Å²) in [6.45, 7) is 3.04. The number of nitrogens with zero attached hydrogens (tertiary/aromatic N) is 3. The number of carbonyl (C=O) groups excluding carboxylic acids is 1. The molecule has 1 aliphatic rings. The number of hydrogen-bond donors (Lipinski definition) is 2. The Morgan fingerprint density at radius 1 is 1.50 bits per heavy atom. The van der Waals surface area contributed by atoms with E-state index in [1.165, 1.54) is 24.0 Å². The van der Waals surface area contributed by atoms with Crippen LogP contribution in [0.2, 0.25) is 5.02 Å². The number of amidine groups is 1. The van der Waals surface area contributed by atoms with Gasteiger partial charge in [0.2, 0.25) is 6.86 Å². The number of rotatable bonds is 5. The number of ether oxygens (including phenoxy) is 1. The minimum Gasteiger partial charge on any atom is -0.461 e. The second-order valence-corrected chi connectivity index (χ2v) is 8.36. The first-order chi connectivity index (χ1) is 13.3. The monoisotopic (exact) mass is 423 g/mol. The van der Waals surface area contributed by atoms with Crippen LogP contribution in [0.5, 0.6) is 5.75 Å². The van der Waals surface area contributed by atoms with Gasteiger partial charge in [0.15, 0.2) is 5.17 Å². The molecule has 0 aromatic carbocycles. The van der Waals surface area contributed by atoms with E-state index >= 15 is 0 Å². The van der Waals surface area contributed by atoms with Crippen LogP contribution in [0.15, 0.2) is 35.6 Å². The van der Waals surface area contributed by atoms with E-state index in [1.54, 1.807) is 18.3 Å². The Bertz CT molecular complexity index is 929. The van der Waals surface area contributed by atoms with Gasteiger partial charge in [0.25, 0.3) is 5.91 Å². The molecule has 0 radical (unpaired) electrons. The number of hydrogen-bond acceptors (Lipinski definition) is 7. The van der Waals surface area contributed by atoms with Crippen molar-refractivity contribution in [1.29, 1.82) is 0 Å². The third-order valence-electron chi connectivity index (χ3n) is 4.19. The van der Waals surface area contributed by atoms with Gasteiger partial charge in [-0.15, -0.1) is 0 Å². The predicted molar refractivity (Wildman–Crippen MR) is 109 cm³/mol. The summed E-state index contributed by atoms with van der Waals surface area (Å²) in [4.78, 5) is 25.5. The maximum absolute atomic E-state index is 12.5. The maximum Gasteiger partial charge on any atom is 0.275 e. The number of nitrogens with one attached hydrogen (secondary N) is 1. The molecule has 3 rings (SSSR count). The summed E-state index contributed by atoms with van der Waals surface area (Å²) in [5.41, 5.74) is 6.60. The van der Waals surface area contributed by atoms with E-state index in [2.05, 4.69) is 31.9 Å². The fourth-order valence-corrected chi connectivity index (χ4v) is 4.32. The number of anilines is 1. The summed E-state index contributed by atoms with van der Waals surface area (Å²) in [6, 6.07) is 4.75. The van der Waals surface area contributed by atoms with Gasteiger partial charge in [-0.1, -0.05) is 30.3 Å². The van der Waals surface area contributed by atoms with Crippen LogP contribution in [0.4, 0.5) is 10.1 Å². The first-order valence-electron chi connectivity index (χ1n) is 8.45. The molecule has 3 N–H and O–H groups in total. The van der Waals surface area contributed by atoms with Crippen LogP contribution in [0, 0.1) is 0 Å². The molecule has 0 unspecified atom stereocenters. The van der Waals surface area contributed by atoms with E-state index in [0.717, 1.165) is 6.42 Å². The molecule has 2 aromatic rings. The zero-order valence-electron chi connectivity index (χ0n) is 15.3. The fraction of sp³-hybridized carbons (Fsp3) is 0.333. The molecule has 2 aromatic heterocycles. The summed E-state index contributed by atoms with van der Waals surface area (Å²) in [6.07, 6.45) is 3.60. The highest BCUT2D eigenvalue weighted by molar-refractivity contribution is 8.14. The molecule has 0 saturated carbocycles. The molecule has 148 valence electrons. The highest BCUT2D eigenvalue weighted by atomic mass is 35.5. The third-order valence-corrected chi connectivity index (χ3v) is 5.38. The molecule has 1 aliphatic heterocycles. The van der Waals surface area contributed by atoms with Gasteiger partial charge in [0, 0.05) is 23.2 Å². The van der Waals surface area contributed by atoms with E-state index in [9.17, 15) is 9.18 Å². The summed E-state index contributed by atoms with van der Waals surface area (Å²) in [5, 5.41) is 3.62. The zero-order valence-corrected chi connectivity index (χ0v) is 16.9. The van der Waals surface area contributed by atoms with Gasteiger partial charge in [-0.2, -0.15) is 0 Å². The third kappa shape index (κ3) is 4.53. The standard InChI is InChI=1S/C18H19ClFN5O2S/c1-10-7-18(2,25-17(21)28-10)14-5-11(3-4-22-14)24-16(26)15-13(19)6-12(8-23-15)27-9-20/h3-6,8,10H,7,9H2,1-2H3,(H2,21,25)(H,22,24,26)/t10-,18+/m1/s1. The number of carbonyl (C=O) groups is 1. The molecule has 2 atom stereocenters. The van der Waals surface area contributed by atoms with Crippen molar-refractivity contribution in [1.82, 2.24) is 9.97 Å². The van der Waals surface area contributed by atoms with Crippen LogP contribution in [0.25, 0.3) is 0 Å². The van der Waals surface area contributed by atoms with Crippen molar-refractivity contribution >= 4 is 40.1 Å². The molecule has 10 heteroatoms. The number of pyridine rings is 2. The molecular weight excluding hydrogens is 405 g/mol. The molecule has 7 nitrogen and oxygen atoms in total. The lowest BCUT2D eigenvalue weighted by Gasteiger charge is -2.32. The first kappa shape index (κ1) is 20.3.